The topological polar surface area (TPSA) is 41.1 Å². The molecule has 0 atom stereocenters. The molecule has 0 heterocycles. The Kier molecular flexibility index (Phi) is 7.28. The molecule has 0 fully saturated rings. The molecule has 0 aliphatic rings. The van der Waals surface area contributed by atoms with Gasteiger partial charge < -0.3 is 10.6 Å². The van der Waals surface area contributed by atoms with Gasteiger partial charge in [-0.05, 0) is 12.8 Å². The molecule has 5 heteroatoms. The molecule has 1 amide bonds. The van der Waals surface area contributed by atoms with Gasteiger partial charge in [0.15, 0.2) is 0 Å². The summed E-state index contributed by atoms with van der Waals surface area (Å²) in [5.74, 6) is -0.223. The molecule has 0 unspecified atom stereocenters. The van der Waals surface area contributed by atoms with E-state index in [4.69, 9.17) is 0 Å². The molecular weight excluding hydrogens is 190 g/mol. The van der Waals surface area contributed by atoms with Crippen LogP contribution in [0.3, 0.4) is 0 Å². The van der Waals surface area contributed by atoms with Crippen molar-refractivity contribution in [2.24, 2.45) is 0 Å². The van der Waals surface area contributed by atoms with E-state index in [1.807, 2.05) is 13.8 Å². The second kappa shape index (κ2) is 7.67. The monoisotopic (exact) mass is 208 g/mol. The van der Waals surface area contributed by atoms with Gasteiger partial charge in [0.05, 0.1) is 13.1 Å². The van der Waals surface area contributed by atoms with Gasteiger partial charge >= 0.3 is 0 Å². The number of hydrogen-bond acceptors (Lipinski definition) is 2. The predicted octanol–water partition coefficient (Wildman–Crippen LogP) is 1.15. The minimum atomic E-state index is -2.41. The lowest BCUT2D eigenvalue weighted by Gasteiger charge is -2.14. The number of halogens is 2. The fourth-order valence-corrected chi connectivity index (χ4v) is 1.07. The predicted molar refractivity (Wildman–Crippen MR) is 51.4 cm³/mol. The molecule has 0 saturated heterocycles. The van der Waals surface area contributed by atoms with E-state index < -0.39 is 13.0 Å². The molecule has 0 saturated carbocycles. The molecule has 84 valence electrons. The average Bonchev–Trinajstić information content (AvgIpc) is 2.13. The maximum atomic E-state index is 11.7. The molecule has 3 nitrogen and oxygen atoms in total. The van der Waals surface area contributed by atoms with E-state index in [-0.39, 0.29) is 18.5 Å². The van der Waals surface area contributed by atoms with Crippen molar-refractivity contribution in [1.82, 2.24) is 10.6 Å². The standard InChI is InChI=1S/C9H18F2N2O/c1-3-7(4-2)13-9(14)6-12-5-8(10)11/h7-8,12H,3-6H2,1-2H3,(H,13,14). The summed E-state index contributed by atoms with van der Waals surface area (Å²) in [7, 11) is 0. The van der Waals surface area contributed by atoms with Gasteiger partial charge in [-0.3, -0.25) is 4.79 Å². The van der Waals surface area contributed by atoms with Gasteiger partial charge in [-0.25, -0.2) is 8.78 Å². The lowest BCUT2D eigenvalue weighted by molar-refractivity contribution is -0.121. The number of rotatable bonds is 7. The summed E-state index contributed by atoms with van der Waals surface area (Å²) in [6, 6.07) is 0.149. The zero-order chi connectivity index (χ0) is 11.0. The van der Waals surface area contributed by atoms with Gasteiger partial charge in [0.25, 0.3) is 6.43 Å². The van der Waals surface area contributed by atoms with E-state index in [2.05, 4.69) is 10.6 Å². The summed E-state index contributed by atoms with van der Waals surface area (Å²) in [5, 5.41) is 5.12. The molecule has 0 bridgehead atoms. The van der Waals surface area contributed by atoms with Crippen LogP contribution in [0.25, 0.3) is 0 Å². The third-order valence-electron chi connectivity index (χ3n) is 1.93. The van der Waals surface area contributed by atoms with Gasteiger partial charge in [0.2, 0.25) is 5.91 Å². The molecule has 0 aromatic rings. The lowest BCUT2D eigenvalue weighted by atomic mass is 10.2. The van der Waals surface area contributed by atoms with Crippen LogP contribution in [-0.4, -0.2) is 31.5 Å². The summed E-state index contributed by atoms with van der Waals surface area (Å²) >= 11 is 0. The number of alkyl halides is 2. The van der Waals surface area contributed by atoms with Gasteiger partial charge in [0.1, 0.15) is 0 Å². The first kappa shape index (κ1) is 13.3. The maximum Gasteiger partial charge on any atom is 0.250 e. The van der Waals surface area contributed by atoms with Crippen LogP contribution in [0.2, 0.25) is 0 Å². The largest absolute Gasteiger partial charge is 0.352 e. The fourth-order valence-electron chi connectivity index (χ4n) is 1.07. The van der Waals surface area contributed by atoms with Crippen molar-refractivity contribution in [3.05, 3.63) is 0 Å². The SMILES string of the molecule is CCC(CC)NC(=O)CNCC(F)F. The quantitative estimate of drug-likeness (QED) is 0.659. The Labute approximate surface area is 83.3 Å². The minimum absolute atomic E-state index is 0.0408. The maximum absolute atomic E-state index is 11.7. The van der Waals surface area contributed by atoms with Crippen molar-refractivity contribution in [2.75, 3.05) is 13.1 Å². The van der Waals surface area contributed by atoms with Crippen molar-refractivity contribution >= 4 is 5.91 Å². The van der Waals surface area contributed by atoms with Crippen LogP contribution in [0.5, 0.6) is 0 Å². The highest BCUT2D eigenvalue weighted by Gasteiger charge is 2.08. The van der Waals surface area contributed by atoms with E-state index >= 15 is 0 Å². The van der Waals surface area contributed by atoms with Crippen LogP contribution in [-0.2, 0) is 4.79 Å². The van der Waals surface area contributed by atoms with E-state index in [1.165, 1.54) is 0 Å². The Balaban J connectivity index is 3.54. The third-order valence-corrected chi connectivity index (χ3v) is 1.93. The van der Waals surface area contributed by atoms with E-state index in [0.29, 0.717) is 0 Å². The van der Waals surface area contributed by atoms with Crippen molar-refractivity contribution in [3.8, 4) is 0 Å². The summed E-state index contributed by atoms with van der Waals surface area (Å²) < 4.78 is 23.4. The summed E-state index contributed by atoms with van der Waals surface area (Å²) in [4.78, 5) is 11.1. The number of carbonyl (C=O) groups excluding carboxylic acids is 1. The van der Waals surface area contributed by atoms with Crippen LogP contribution in [0, 0.1) is 0 Å². The highest BCUT2D eigenvalue weighted by Crippen LogP contribution is 1.95. The van der Waals surface area contributed by atoms with Crippen LogP contribution in [0.15, 0.2) is 0 Å². The third kappa shape index (κ3) is 6.77. The first-order valence-electron chi connectivity index (χ1n) is 4.88. The number of nitrogens with one attached hydrogen (secondary N) is 2. The van der Waals surface area contributed by atoms with Crippen molar-refractivity contribution in [3.63, 3.8) is 0 Å². The van der Waals surface area contributed by atoms with E-state index in [0.717, 1.165) is 12.8 Å². The molecule has 0 aromatic carbocycles. The summed E-state index contributed by atoms with van der Waals surface area (Å²) in [6.45, 7) is 3.47. The molecule has 2 N–H and O–H groups in total. The van der Waals surface area contributed by atoms with Crippen molar-refractivity contribution in [1.29, 1.82) is 0 Å². The second-order valence-electron chi connectivity index (χ2n) is 3.10. The zero-order valence-corrected chi connectivity index (χ0v) is 8.65. The number of hydrogen-bond donors (Lipinski definition) is 2. The smallest absolute Gasteiger partial charge is 0.250 e. The highest BCUT2D eigenvalue weighted by atomic mass is 19.3. The molecule has 0 rings (SSSR count). The Morgan fingerprint density at radius 1 is 1.29 bits per heavy atom. The highest BCUT2D eigenvalue weighted by molar-refractivity contribution is 5.78. The molecule has 14 heavy (non-hydrogen) atoms. The van der Waals surface area contributed by atoms with Crippen molar-refractivity contribution in [2.45, 2.75) is 39.2 Å². The normalized spacial score (nSPS) is 11.0. The Bertz CT molecular complexity index is 161. The van der Waals surface area contributed by atoms with Gasteiger partial charge in [-0.2, -0.15) is 0 Å². The van der Waals surface area contributed by atoms with Crippen LogP contribution in [0.4, 0.5) is 8.78 Å². The number of amides is 1. The van der Waals surface area contributed by atoms with E-state index in [9.17, 15) is 13.6 Å². The summed E-state index contributed by atoms with van der Waals surface area (Å²) in [5.41, 5.74) is 0. The van der Waals surface area contributed by atoms with Gasteiger partial charge in [-0.15, -0.1) is 0 Å². The Hall–Kier alpha value is -0.710. The number of carbonyl (C=O) groups is 1. The van der Waals surface area contributed by atoms with E-state index in [1.54, 1.807) is 0 Å². The molecule has 0 aliphatic heterocycles. The van der Waals surface area contributed by atoms with Gasteiger partial charge in [0, 0.05) is 6.04 Å². The molecule has 0 aliphatic carbocycles. The fraction of sp³-hybridized carbons (Fsp3) is 0.889. The molecular formula is C9H18F2N2O. The molecule has 0 radical (unpaired) electrons. The Morgan fingerprint density at radius 3 is 2.29 bits per heavy atom. The average molecular weight is 208 g/mol. The first-order valence-corrected chi connectivity index (χ1v) is 4.88. The van der Waals surface area contributed by atoms with Crippen molar-refractivity contribution < 1.29 is 13.6 Å². The van der Waals surface area contributed by atoms with Gasteiger partial charge in [-0.1, -0.05) is 13.8 Å². The van der Waals surface area contributed by atoms with Crippen LogP contribution >= 0.6 is 0 Å². The lowest BCUT2D eigenvalue weighted by Crippen LogP contribution is -2.40. The first-order chi connectivity index (χ1) is 6.60. The molecule has 0 aromatic heterocycles. The second-order valence-corrected chi connectivity index (χ2v) is 3.10. The Morgan fingerprint density at radius 2 is 1.86 bits per heavy atom. The van der Waals surface area contributed by atoms with Crippen LogP contribution in [0.1, 0.15) is 26.7 Å². The molecule has 0 spiro atoms. The summed E-state index contributed by atoms with van der Waals surface area (Å²) in [6.07, 6.45) is -0.690. The minimum Gasteiger partial charge on any atom is -0.352 e. The van der Waals surface area contributed by atoms with Crippen LogP contribution < -0.4 is 10.6 Å². The zero-order valence-electron chi connectivity index (χ0n) is 8.65.